The van der Waals surface area contributed by atoms with Gasteiger partial charge in [0, 0.05) is 11.8 Å². The van der Waals surface area contributed by atoms with Crippen molar-refractivity contribution in [3.8, 4) is 0 Å². The summed E-state index contributed by atoms with van der Waals surface area (Å²) in [5.41, 5.74) is -0.328. The molecule has 0 saturated heterocycles. The highest BCUT2D eigenvalue weighted by atomic mass is 79.9. The summed E-state index contributed by atoms with van der Waals surface area (Å²) in [6.45, 7) is 1.83. The highest BCUT2D eigenvalue weighted by Gasteiger charge is 2.59. The van der Waals surface area contributed by atoms with Gasteiger partial charge in [-0.15, -0.1) is 0 Å². The molecule has 0 bridgehead atoms. The molecule has 0 fully saturated rings. The van der Waals surface area contributed by atoms with Gasteiger partial charge < -0.3 is 4.74 Å². The molecule has 26 heavy (non-hydrogen) atoms. The lowest BCUT2D eigenvalue weighted by molar-refractivity contribution is -0.313. The molecule has 0 aromatic rings. The van der Waals surface area contributed by atoms with E-state index in [1.165, 1.54) is 12.2 Å². The topological polar surface area (TPSA) is 26.3 Å². The van der Waals surface area contributed by atoms with E-state index < -0.39 is 23.9 Å². The number of fused-ring (bicyclic) bond motifs is 1. The molecule has 146 valence electrons. The lowest BCUT2D eigenvalue weighted by Gasteiger charge is -2.39. The van der Waals surface area contributed by atoms with Crippen molar-refractivity contribution in [1.29, 1.82) is 0 Å². The lowest BCUT2D eigenvalue weighted by Crippen LogP contribution is -2.44. The third-order valence-electron chi connectivity index (χ3n) is 4.19. The zero-order valence-corrected chi connectivity index (χ0v) is 16.6. The number of carbonyl (C=O) groups is 1. The molecule has 0 aliphatic heterocycles. The molecule has 0 aromatic heterocycles. The van der Waals surface area contributed by atoms with Crippen molar-refractivity contribution in [3.63, 3.8) is 0 Å². The summed E-state index contributed by atoms with van der Waals surface area (Å²) >= 11 is 6.32. The fraction of sp³-hybridized carbons (Fsp3) is 0.562. The third-order valence-corrected chi connectivity index (χ3v) is 5.62. The van der Waals surface area contributed by atoms with Crippen molar-refractivity contribution in [2.24, 2.45) is 5.41 Å². The molecule has 1 atom stereocenters. The number of halogens is 8. The maximum absolute atomic E-state index is 12.8. The number of alkyl halides is 6. The molecule has 0 aromatic carbocycles. The Bertz CT molecular complexity index is 676. The minimum absolute atomic E-state index is 0.122. The van der Waals surface area contributed by atoms with Crippen LogP contribution in [0.4, 0.5) is 26.3 Å². The summed E-state index contributed by atoms with van der Waals surface area (Å²) in [5.74, 6) is -0.694. The Morgan fingerprint density at radius 1 is 1.12 bits per heavy atom. The number of ether oxygens (including phenoxy) is 1. The second-order valence-corrected chi connectivity index (χ2v) is 7.74. The largest absolute Gasteiger partial charge is 0.476 e. The monoisotopic (exact) mass is 510 g/mol. The molecule has 10 heteroatoms. The molecule has 0 amide bonds. The predicted molar refractivity (Wildman–Crippen MR) is 89.6 cm³/mol. The molecule has 0 heterocycles. The van der Waals surface area contributed by atoms with Gasteiger partial charge >= 0.3 is 12.4 Å². The van der Waals surface area contributed by atoms with E-state index >= 15 is 0 Å². The van der Waals surface area contributed by atoms with E-state index in [0.717, 1.165) is 0 Å². The zero-order valence-electron chi connectivity index (χ0n) is 13.4. The smallest absolute Gasteiger partial charge is 0.434 e. The molecular formula is C16H14Br2F6O2. The average Bonchev–Trinajstić information content (AvgIpc) is 2.48. The summed E-state index contributed by atoms with van der Waals surface area (Å²) in [7, 11) is 0. The number of rotatable bonds is 4. The van der Waals surface area contributed by atoms with E-state index in [9.17, 15) is 31.1 Å². The first-order valence-corrected chi connectivity index (χ1v) is 9.24. The summed E-state index contributed by atoms with van der Waals surface area (Å²) < 4.78 is 81.5. The van der Waals surface area contributed by atoms with Crippen molar-refractivity contribution < 1.29 is 35.9 Å². The van der Waals surface area contributed by atoms with Crippen LogP contribution in [0.5, 0.6) is 0 Å². The van der Waals surface area contributed by atoms with Crippen LogP contribution in [0.15, 0.2) is 32.4 Å². The molecule has 0 radical (unpaired) electrons. The molecule has 2 aliphatic rings. The van der Waals surface area contributed by atoms with Crippen LogP contribution >= 0.6 is 31.9 Å². The maximum atomic E-state index is 12.8. The van der Waals surface area contributed by atoms with E-state index in [-0.39, 0.29) is 33.3 Å². The average molecular weight is 512 g/mol. The van der Waals surface area contributed by atoms with Crippen LogP contribution in [0.2, 0.25) is 0 Å². The van der Waals surface area contributed by atoms with E-state index in [4.69, 9.17) is 0 Å². The number of Topliss-reactive ketones (excluding diaryl/α,β-unsaturated/α-hetero) is 1. The minimum atomic E-state index is -5.58. The van der Waals surface area contributed by atoms with Gasteiger partial charge in [-0.25, -0.2) is 0 Å². The second-order valence-electron chi connectivity index (χ2n) is 6.10. The fourth-order valence-corrected chi connectivity index (χ4v) is 4.83. The Morgan fingerprint density at radius 2 is 1.69 bits per heavy atom. The van der Waals surface area contributed by atoms with Crippen LogP contribution in [0.1, 0.15) is 32.6 Å². The molecule has 1 unspecified atom stereocenters. The van der Waals surface area contributed by atoms with Crippen molar-refractivity contribution in [3.05, 3.63) is 32.4 Å². The predicted octanol–water partition coefficient (Wildman–Crippen LogP) is 6.47. The third kappa shape index (κ3) is 4.21. The molecule has 2 rings (SSSR count). The van der Waals surface area contributed by atoms with Gasteiger partial charge in [-0.1, -0.05) is 19.4 Å². The van der Waals surface area contributed by atoms with Gasteiger partial charge in [-0.3, -0.25) is 4.79 Å². The summed E-state index contributed by atoms with van der Waals surface area (Å²) in [6.07, 6.45) is -11.3. The number of hydrogen-bond donors (Lipinski definition) is 0. The van der Waals surface area contributed by atoms with Crippen LogP contribution in [0, 0.1) is 5.41 Å². The molecule has 2 aliphatic carbocycles. The summed E-state index contributed by atoms with van der Waals surface area (Å²) in [6, 6.07) is 0. The van der Waals surface area contributed by atoms with Crippen molar-refractivity contribution in [2.75, 3.05) is 0 Å². The van der Waals surface area contributed by atoms with E-state index in [0.29, 0.717) is 18.4 Å². The Hall–Kier alpha value is -0.770. The zero-order chi connectivity index (χ0) is 19.9. The first-order chi connectivity index (χ1) is 11.8. The van der Waals surface area contributed by atoms with Gasteiger partial charge in [0.1, 0.15) is 0 Å². The Balaban J connectivity index is 2.47. The Morgan fingerprint density at radius 3 is 2.19 bits per heavy atom. The van der Waals surface area contributed by atoms with Crippen LogP contribution in [-0.2, 0) is 9.53 Å². The molecular weight excluding hydrogens is 498 g/mol. The van der Waals surface area contributed by atoms with E-state index in [1.54, 1.807) is 0 Å². The lowest BCUT2D eigenvalue weighted by atomic mass is 9.68. The Kier molecular flexibility index (Phi) is 6.07. The van der Waals surface area contributed by atoms with Crippen LogP contribution < -0.4 is 0 Å². The molecule has 2 nitrogen and oxygen atoms in total. The number of carbonyl (C=O) groups excluding carboxylic acids is 1. The standard InChI is InChI=1S/C16H14Br2F6O2/c1-2-5-14-6-8(26-13(15(19,20)21)16(22,23)24)3-4-9(14)11(18)12(25)10(17)7-14/h6-7,13H,2-5H2,1H3. The van der Waals surface area contributed by atoms with Crippen LogP contribution in [-0.4, -0.2) is 24.2 Å². The SMILES string of the molecule is CCCC12C=C(OC(C(F)(F)F)C(F)(F)F)CCC1=C(Br)C(=O)C(Br)=C2. The first kappa shape index (κ1) is 21.5. The van der Waals surface area contributed by atoms with E-state index in [2.05, 4.69) is 36.6 Å². The first-order valence-electron chi connectivity index (χ1n) is 7.66. The number of ketones is 1. The van der Waals surface area contributed by atoms with Gasteiger partial charge in [-0.2, -0.15) is 26.3 Å². The van der Waals surface area contributed by atoms with Crippen molar-refractivity contribution >= 4 is 37.6 Å². The number of hydrogen-bond acceptors (Lipinski definition) is 2. The van der Waals surface area contributed by atoms with Crippen LogP contribution in [0.25, 0.3) is 0 Å². The molecule has 0 spiro atoms. The van der Waals surface area contributed by atoms with Gasteiger partial charge in [0.25, 0.3) is 6.10 Å². The normalized spacial score (nSPS) is 24.5. The second kappa shape index (κ2) is 7.33. The fourth-order valence-electron chi connectivity index (χ4n) is 3.18. The van der Waals surface area contributed by atoms with Crippen LogP contribution in [0.3, 0.4) is 0 Å². The Labute approximate surface area is 162 Å². The van der Waals surface area contributed by atoms with E-state index in [1.807, 2.05) is 6.92 Å². The van der Waals surface area contributed by atoms with Crippen molar-refractivity contribution in [2.45, 2.75) is 51.1 Å². The highest BCUT2D eigenvalue weighted by molar-refractivity contribution is 9.13. The maximum Gasteiger partial charge on any atom is 0.434 e. The number of allylic oxidation sites excluding steroid dienone is 6. The van der Waals surface area contributed by atoms with Gasteiger partial charge in [0.05, 0.1) is 14.7 Å². The molecule has 0 N–H and O–H groups in total. The summed E-state index contributed by atoms with van der Waals surface area (Å²) in [5, 5.41) is 0. The molecule has 0 saturated carbocycles. The van der Waals surface area contributed by atoms with Gasteiger partial charge in [0.2, 0.25) is 5.78 Å². The quantitative estimate of drug-likeness (QED) is 0.404. The van der Waals surface area contributed by atoms with Crippen molar-refractivity contribution in [1.82, 2.24) is 0 Å². The van der Waals surface area contributed by atoms with Gasteiger partial charge in [-0.05, 0) is 56.4 Å². The minimum Gasteiger partial charge on any atom is -0.476 e. The summed E-state index contributed by atoms with van der Waals surface area (Å²) in [4.78, 5) is 12.1. The van der Waals surface area contributed by atoms with Gasteiger partial charge in [0.15, 0.2) is 0 Å². The highest BCUT2D eigenvalue weighted by Crippen LogP contribution is 2.51.